The van der Waals surface area contributed by atoms with Crippen LogP contribution in [0.15, 0.2) is 27.9 Å². The zero-order chi connectivity index (χ0) is 13.3. The number of hydrogen-bond acceptors (Lipinski definition) is 6. The summed E-state index contributed by atoms with van der Waals surface area (Å²) < 4.78 is 4.89. The van der Waals surface area contributed by atoms with Gasteiger partial charge in [-0.3, -0.25) is 0 Å². The Balaban J connectivity index is 1.91. The molecule has 0 saturated heterocycles. The third-order valence-electron chi connectivity index (χ3n) is 3.92. The van der Waals surface area contributed by atoms with Crippen LogP contribution in [0.1, 0.15) is 19.3 Å². The maximum absolute atomic E-state index is 11.8. The van der Waals surface area contributed by atoms with Crippen LogP contribution >= 0.6 is 0 Å². The third-order valence-corrected chi connectivity index (χ3v) is 3.92. The van der Waals surface area contributed by atoms with E-state index >= 15 is 0 Å². The zero-order valence-electron chi connectivity index (χ0n) is 10.8. The number of rotatable bonds is 4. The summed E-state index contributed by atoms with van der Waals surface area (Å²) >= 11 is 0. The summed E-state index contributed by atoms with van der Waals surface area (Å²) in [4.78, 5) is 20.0. The van der Waals surface area contributed by atoms with Gasteiger partial charge in [0.05, 0.1) is 11.8 Å². The quantitative estimate of drug-likeness (QED) is 0.858. The molecule has 0 aliphatic heterocycles. The Hall–Kier alpha value is -1.95. The second-order valence-electron chi connectivity index (χ2n) is 4.93. The lowest BCUT2D eigenvalue weighted by atomic mass is 9.77. The van der Waals surface area contributed by atoms with E-state index in [0.29, 0.717) is 16.7 Å². The fourth-order valence-electron chi connectivity index (χ4n) is 2.45. The van der Waals surface area contributed by atoms with Gasteiger partial charge in [0, 0.05) is 18.2 Å². The molecule has 0 bridgehead atoms. The molecule has 0 spiro atoms. The Kier molecular flexibility index (Phi) is 2.94. The normalized spacial score (nSPS) is 17.1. The van der Waals surface area contributed by atoms with E-state index in [1.165, 1.54) is 19.0 Å². The van der Waals surface area contributed by atoms with Gasteiger partial charge in [0.25, 0.3) is 0 Å². The lowest BCUT2D eigenvalue weighted by molar-refractivity contribution is 0.214. The van der Waals surface area contributed by atoms with Gasteiger partial charge in [-0.2, -0.15) is 0 Å². The van der Waals surface area contributed by atoms with Crippen molar-refractivity contribution in [2.75, 3.05) is 18.9 Å². The molecule has 1 fully saturated rings. The van der Waals surface area contributed by atoms with Gasteiger partial charge in [-0.05, 0) is 26.3 Å². The molecule has 0 aromatic carbocycles. The Morgan fingerprint density at radius 3 is 2.95 bits per heavy atom. The SMILES string of the molecule is CNC1(CNc2ncnc3ccoc(=O)c23)CCC1. The number of likely N-dealkylation sites (N-methyl/N-ethyl adjacent to an activating group) is 1. The standard InChI is InChI=1S/C13H16N4O2/c1-14-13(4-2-5-13)7-15-11-10-9(16-8-17-11)3-6-19-12(10)18/h3,6,8,14H,2,4-5,7H2,1H3,(H,15,16,17). The third kappa shape index (κ3) is 2.08. The van der Waals surface area contributed by atoms with Crippen molar-refractivity contribution in [2.24, 2.45) is 0 Å². The highest BCUT2D eigenvalue weighted by Crippen LogP contribution is 2.31. The summed E-state index contributed by atoms with van der Waals surface area (Å²) in [5.41, 5.74) is 0.306. The fraction of sp³-hybridized carbons (Fsp3) is 0.462. The molecule has 3 rings (SSSR count). The number of hydrogen-bond donors (Lipinski definition) is 2. The summed E-state index contributed by atoms with van der Waals surface area (Å²) in [6.45, 7) is 0.740. The summed E-state index contributed by atoms with van der Waals surface area (Å²) in [5.74, 6) is 0.542. The first-order valence-corrected chi connectivity index (χ1v) is 6.39. The second kappa shape index (κ2) is 4.62. The molecular weight excluding hydrogens is 244 g/mol. The smallest absolute Gasteiger partial charge is 0.348 e. The Bertz CT molecular complexity index is 638. The molecule has 2 aromatic rings. The minimum Gasteiger partial charge on any atom is -0.431 e. The molecule has 0 atom stereocenters. The summed E-state index contributed by atoms with van der Waals surface area (Å²) in [6, 6.07) is 1.67. The molecule has 2 N–H and O–H groups in total. The molecule has 6 nitrogen and oxygen atoms in total. The van der Waals surface area contributed by atoms with Crippen LogP contribution in [0.5, 0.6) is 0 Å². The number of nitrogens with one attached hydrogen (secondary N) is 2. The van der Waals surface area contributed by atoms with Crippen LogP contribution in [-0.4, -0.2) is 29.1 Å². The van der Waals surface area contributed by atoms with Gasteiger partial charge >= 0.3 is 5.63 Å². The number of fused-ring (bicyclic) bond motifs is 1. The minimum atomic E-state index is -0.410. The van der Waals surface area contributed by atoms with Crippen molar-refractivity contribution in [1.82, 2.24) is 15.3 Å². The summed E-state index contributed by atoms with van der Waals surface area (Å²) in [6.07, 6.45) is 6.30. The van der Waals surface area contributed by atoms with Crippen molar-refractivity contribution in [1.29, 1.82) is 0 Å². The maximum atomic E-state index is 11.8. The van der Waals surface area contributed by atoms with E-state index in [1.54, 1.807) is 6.07 Å². The molecule has 0 radical (unpaired) electrons. The monoisotopic (exact) mass is 260 g/mol. The van der Waals surface area contributed by atoms with E-state index in [0.717, 1.165) is 19.4 Å². The Morgan fingerprint density at radius 2 is 2.26 bits per heavy atom. The first-order chi connectivity index (χ1) is 9.24. The van der Waals surface area contributed by atoms with Gasteiger partial charge in [-0.1, -0.05) is 0 Å². The van der Waals surface area contributed by atoms with Crippen molar-refractivity contribution in [3.8, 4) is 0 Å². The molecule has 100 valence electrons. The van der Waals surface area contributed by atoms with Crippen molar-refractivity contribution in [3.63, 3.8) is 0 Å². The largest absolute Gasteiger partial charge is 0.431 e. The zero-order valence-corrected chi connectivity index (χ0v) is 10.8. The van der Waals surface area contributed by atoms with Gasteiger partial charge in [0.15, 0.2) is 0 Å². The molecule has 19 heavy (non-hydrogen) atoms. The van der Waals surface area contributed by atoms with Crippen LogP contribution in [0, 0.1) is 0 Å². The average Bonchev–Trinajstić information content (AvgIpc) is 2.38. The first kappa shape index (κ1) is 12.1. The Morgan fingerprint density at radius 1 is 1.42 bits per heavy atom. The van der Waals surface area contributed by atoms with E-state index in [9.17, 15) is 4.79 Å². The minimum absolute atomic E-state index is 0.117. The van der Waals surface area contributed by atoms with Crippen LogP contribution in [0.3, 0.4) is 0 Å². The lowest BCUT2D eigenvalue weighted by Crippen LogP contribution is -2.54. The Labute approximate surface area is 110 Å². The predicted octanol–water partition coefficient (Wildman–Crippen LogP) is 1.14. The molecule has 2 heterocycles. The van der Waals surface area contributed by atoms with Crippen LogP contribution in [-0.2, 0) is 0 Å². The van der Waals surface area contributed by atoms with Crippen LogP contribution in [0.4, 0.5) is 5.82 Å². The molecule has 6 heteroatoms. The summed E-state index contributed by atoms with van der Waals surface area (Å²) in [7, 11) is 1.97. The number of nitrogens with zero attached hydrogens (tertiary/aromatic N) is 2. The molecule has 1 aliphatic rings. The van der Waals surface area contributed by atoms with E-state index in [4.69, 9.17) is 4.42 Å². The lowest BCUT2D eigenvalue weighted by Gasteiger charge is -2.42. The van der Waals surface area contributed by atoms with Gasteiger partial charge in [0.1, 0.15) is 17.5 Å². The topological polar surface area (TPSA) is 80.1 Å². The highest BCUT2D eigenvalue weighted by Gasteiger charge is 2.35. The highest BCUT2D eigenvalue weighted by atomic mass is 16.4. The molecule has 1 saturated carbocycles. The van der Waals surface area contributed by atoms with Crippen molar-refractivity contribution in [2.45, 2.75) is 24.8 Å². The van der Waals surface area contributed by atoms with Crippen molar-refractivity contribution in [3.05, 3.63) is 29.1 Å². The van der Waals surface area contributed by atoms with Crippen LogP contribution in [0.2, 0.25) is 0 Å². The van der Waals surface area contributed by atoms with Crippen LogP contribution in [0.25, 0.3) is 10.9 Å². The maximum Gasteiger partial charge on any atom is 0.348 e. The molecule has 0 amide bonds. The second-order valence-corrected chi connectivity index (χ2v) is 4.93. The number of aromatic nitrogens is 2. The summed E-state index contributed by atoms with van der Waals surface area (Å²) in [5, 5.41) is 7.00. The molecular formula is C13H16N4O2. The van der Waals surface area contributed by atoms with Gasteiger partial charge in [-0.25, -0.2) is 14.8 Å². The van der Waals surface area contributed by atoms with Gasteiger partial charge in [-0.15, -0.1) is 0 Å². The average molecular weight is 260 g/mol. The van der Waals surface area contributed by atoms with Gasteiger partial charge in [0.2, 0.25) is 0 Å². The molecule has 0 unspecified atom stereocenters. The molecule has 1 aliphatic carbocycles. The van der Waals surface area contributed by atoms with Gasteiger partial charge < -0.3 is 15.1 Å². The van der Waals surface area contributed by atoms with Crippen LogP contribution < -0.4 is 16.3 Å². The van der Waals surface area contributed by atoms with Crippen molar-refractivity contribution < 1.29 is 4.42 Å². The van der Waals surface area contributed by atoms with E-state index < -0.39 is 5.63 Å². The van der Waals surface area contributed by atoms with E-state index in [-0.39, 0.29) is 5.54 Å². The number of anilines is 1. The van der Waals surface area contributed by atoms with E-state index in [2.05, 4.69) is 20.6 Å². The van der Waals surface area contributed by atoms with E-state index in [1.807, 2.05) is 7.05 Å². The van der Waals surface area contributed by atoms with Crippen molar-refractivity contribution >= 4 is 16.7 Å². The molecule has 2 aromatic heterocycles. The highest BCUT2D eigenvalue weighted by molar-refractivity contribution is 5.87. The first-order valence-electron chi connectivity index (χ1n) is 6.39. The fourth-order valence-corrected chi connectivity index (χ4v) is 2.45. The predicted molar refractivity (Wildman–Crippen MR) is 72.2 cm³/mol.